The van der Waals surface area contributed by atoms with Gasteiger partial charge in [-0.3, -0.25) is 0 Å². The molecular weight excluding hydrogens is 201 g/mol. The summed E-state index contributed by atoms with van der Waals surface area (Å²) in [4.78, 5) is 43.1. The number of rotatable bonds is 0. The van der Waals surface area contributed by atoms with Crippen LogP contribution in [-0.4, -0.2) is 37.8 Å². The first-order chi connectivity index (χ1) is 4.00. The van der Waals surface area contributed by atoms with Crippen molar-refractivity contribution in [2.45, 2.75) is 0 Å². The summed E-state index contributed by atoms with van der Waals surface area (Å²) in [6.45, 7) is 0. The second-order valence-electron chi connectivity index (χ2n) is 1.03. The number of hydrogen-bond donors (Lipinski definition) is 6. The highest BCUT2D eigenvalue weighted by Gasteiger charge is 2.00. The van der Waals surface area contributed by atoms with Crippen molar-refractivity contribution in [3.63, 3.8) is 0 Å². The molecule has 11 heteroatoms. The van der Waals surface area contributed by atoms with Crippen molar-refractivity contribution in [1.82, 2.24) is 0 Å². The summed E-state index contributed by atoms with van der Waals surface area (Å²) in [7, 11) is -9.28. The van der Waals surface area contributed by atoms with Gasteiger partial charge in [0.15, 0.2) is 0 Å². The average molecular weight is 210 g/mol. The van der Waals surface area contributed by atoms with Crippen LogP contribution in [0.4, 0.5) is 0 Å². The highest BCUT2D eigenvalue weighted by Crippen LogP contribution is 2.26. The first kappa shape index (κ1) is 17.4. The molecule has 0 saturated heterocycles. The normalized spacial score (nSPS) is 10.7. The first-order valence-corrected chi connectivity index (χ1v) is 4.70. The highest BCUT2D eigenvalue weighted by atomic mass is 31.2. The van der Waals surface area contributed by atoms with Crippen LogP contribution in [0.25, 0.3) is 0 Å². The zero-order valence-electron chi connectivity index (χ0n) is 4.39. The third-order valence-electron chi connectivity index (χ3n) is 0. The van der Waals surface area contributed by atoms with Gasteiger partial charge in [0.2, 0.25) is 0 Å². The van der Waals surface area contributed by atoms with Gasteiger partial charge < -0.3 is 29.4 Å². The molecule has 0 bridgehead atoms. The van der Waals surface area contributed by atoms with E-state index in [1.165, 1.54) is 0 Å². The maximum absolute atomic E-state index is 8.88. The van der Waals surface area contributed by atoms with Gasteiger partial charge in [0.1, 0.15) is 0 Å². The summed E-state index contributed by atoms with van der Waals surface area (Å²) in [5.74, 6) is 0. The molecule has 0 aliphatic carbocycles. The fourth-order valence-corrected chi connectivity index (χ4v) is 0. The van der Waals surface area contributed by atoms with Crippen molar-refractivity contribution >= 4 is 24.1 Å². The Labute approximate surface area is 63.6 Å². The smallest absolute Gasteiger partial charge is 0.303 e. The Balaban J connectivity index is -0.000000107. The van der Waals surface area contributed by atoms with Gasteiger partial charge >= 0.3 is 15.6 Å². The summed E-state index contributed by atoms with van der Waals surface area (Å²) < 4.78 is 17.8. The maximum Gasteiger partial charge on any atom is 0.466 e. The zero-order chi connectivity index (χ0) is 9.00. The third-order valence-corrected chi connectivity index (χ3v) is 0. The molecule has 0 radical (unpaired) electrons. The van der Waals surface area contributed by atoms with Crippen LogP contribution in [0.1, 0.15) is 0 Å². The lowest BCUT2D eigenvalue weighted by Gasteiger charge is -1.82. The fourth-order valence-electron chi connectivity index (χ4n) is 0. The van der Waals surface area contributed by atoms with E-state index in [-0.39, 0.29) is 8.41 Å². The average Bonchev–Trinajstić information content (AvgIpc) is 1.12. The van der Waals surface area contributed by atoms with E-state index in [9.17, 15) is 0 Å². The molecule has 0 spiro atoms. The fraction of sp³-hybridized carbons (Fsp3) is 0. The number of hydrogen-bond acceptors (Lipinski definition) is 2. The van der Waals surface area contributed by atoms with Crippen LogP contribution in [0.3, 0.4) is 0 Å². The van der Waals surface area contributed by atoms with Gasteiger partial charge in [0.05, 0.1) is 8.41 Å². The van der Waals surface area contributed by atoms with Crippen LogP contribution >= 0.6 is 15.6 Å². The van der Waals surface area contributed by atoms with Gasteiger partial charge in [0.25, 0.3) is 0 Å². The van der Waals surface area contributed by atoms with E-state index in [0.717, 1.165) is 0 Å². The second kappa shape index (κ2) is 5.88. The van der Waals surface area contributed by atoms with E-state index in [2.05, 4.69) is 0 Å². The Bertz CT molecular complexity index is 124. The van der Waals surface area contributed by atoms with E-state index in [1.807, 2.05) is 0 Å². The minimum atomic E-state index is -4.64. The van der Waals surface area contributed by atoms with Crippen LogP contribution < -0.4 is 0 Å². The standard InChI is InChI=1S/BH3.2H3O4P/c;2*1-5(2,3)4/h1H3;2*(H3,1,2,3,4). The van der Waals surface area contributed by atoms with E-state index < -0.39 is 15.6 Å². The lowest BCUT2D eigenvalue weighted by atomic mass is 10.8. The molecule has 70 valence electrons. The molecule has 0 rings (SSSR count). The quantitative estimate of drug-likeness (QED) is 0.182. The summed E-state index contributed by atoms with van der Waals surface area (Å²) in [6, 6.07) is 0. The summed E-state index contributed by atoms with van der Waals surface area (Å²) >= 11 is 0. The Morgan fingerprint density at radius 2 is 0.636 bits per heavy atom. The second-order valence-corrected chi connectivity index (χ2v) is 3.08. The highest BCUT2D eigenvalue weighted by molar-refractivity contribution is 7.45. The molecular formula is H9BO8P2. The summed E-state index contributed by atoms with van der Waals surface area (Å²) in [5, 5.41) is 0. The molecule has 11 heavy (non-hydrogen) atoms. The van der Waals surface area contributed by atoms with Gasteiger partial charge in [-0.15, -0.1) is 0 Å². The molecule has 0 aromatic heterocycles. The molecule has 0 saturated carbocycles. The van der Waals surface area contributed by atoms with Gasteiger partial charge in [-0.1, -0.05) is 0 Å². The maximum atomic E-state index is 8.88. The minimum Gasteiger partial charge on any atom is -0.303 e. The minimum absolute atomic E-state index is 0. The summed E-state index contributed by atoms with van der Waals surface area (Å²) in [5.41, 5.74) is 0. The lowest BCUT2D eigenvalue weighted by molar-refractivity contribution is 0.272. The first-order valence-electron chi connectivity index (χ1n) is 1.57. The molecule has 0 atom stereocenters. The number of phosphoric acid groups is 2. The van der Waals surface area contributed by atoms with Gasteiger partial charge in [-0.2, -0.15) is 0 Å². The predicted molar refractivity (Wildman–Crippen MR) is 38.5 cm³/mol. The topological polar surface area (TPSA) is 156 Å². The van der Waals surface area contributed by atoms with Crippen molar-refractivity contribution in [2.75, 3.05) is 0 Å². The van der Waals surface area contributed by atoms with Crippen LogP contribution in [-0.2, 0) is 9.13 Å². The largest absolute Gasteiger partial charge is 0.466 e. The van der Waals surface area contributed by atoms with E-state index in [4.69, 9.17) is 38.5 Å². The van der Waals surface area contributed by atoms with Crippen molar-refractivity contribution in [3.8, 4) is 0 Å². The molecule has 6 N–H and O–H groups in total. The Morgan fingerprint density at radius 1 is 0.636 bits per heavy atom. The molecule has 0 amide bonds. The van der Waals surface area contributed by atoms with E-state index in [0.29, 0.717) is 0 Å². The SMILES string of the molecule is B.O=P(O)(O)O.O=P(O)(O)O. The Morgan fingerprint density at radius 3 is 0.636 bits per heavy atom. The molecule has 0 aromatic rings. The van der Waals surface area contributed by atoms with E-state index >= 15 is 0 Å². The Hall–Kier alpha value is 0.285. The monoisotopic (exact) mass is 210 g/mol. The van der Waals surface area contributed by atoms with Gasteiger partial charge in [0, 0.05) is 0 Å². The molecule has 0 heterocycles. The molecule has 0 fully saturated rings. The van der Waals surface area contributed by atoms with E-state index in [1.54, 1.807) is 0 Å². The van der Waals surface area contributed by atoms with Crippen molar-refractivity contribution in [3.05, 3.63) is 0 Å². The molecule has 0 aliphatic rings. The van der Waals surface area contributed by atoms with Crippen molar-refractivity contribution in [2.24, 2.45) is 0 Å². The van der Waals surface area contributed by atoms with Crippen LogP contribution in [0.15, 0.2) is 0 Å². The third kappa shape index (κ3) is 8700. The van der Waals surface area contributed by atoms with Crippen LogP contribution in [0, 0.1) is 0 Å². The summed E-state index contributed by atoms with van der Waals surface area (Å²) in [6.07, 6.45) is 0. The lowest BCUT2D eigenvalue weighted by Crippen LogP contribution is -1.66. The molecule has 8 nitrogen and oxygen atoms in total. The predicted octanol–water partition coefficient (Wildman–Crippen LogP) is -3.04. The molecule has 0 unspecified atom stereocenters. The van der Waals surface area contributed by atoms with Gasteiger partial charge in [-0.25, -0.2) is 9.13 Å². The molecule has 0 aliphatic heterocycles. The molecule has 0 aromatic carbocycles. The van der Waals surface area contributed by atoms with Crippen molar-refractivity contribution < 1.29 is 38.5 Å². The van der Waals surface area contributed by atoms with Crippen molar-refractivity contribution in [1.29, 1.82) is 0 Å². The van der Waals surface area contributed by atoms with Crippen LogP contribution in [0.2, 0.25) is 0 Å². The Kier molecular flexibility index (Phi) is 9.29. The zero-order valence-corrected chi connectivity index (χ0v) is 6.18. The van der Waals surface area contributed by atoms with Crippen LogP contribution in [0.5, 0.6) is 0 Å². The van der Waals surface area contributed by atoms with Gasteiger partial charge in [-0.05, 0) is 0 Å².